The lowest BCUT2D eigenvalue weighted by Gasteiger charge is -2.09. The quantitative estimate of drug-likeness (QED) is 0.701. The number of aromatic nitrogens is 1. The van der Waals surface area contributed by atoms with Crippen LogP contribution in [0.2, 0.25) is 0 Å². The smallest absolute Gasteiger partial charge is 0.269 e. The largest absolute Gasteiger partial charge is 0.353 e. The van der Waals surface area contributed by atoms with Gasteiger partial charge in [-0.3, -0.25) is 4.79 Å². The zero-order valence-electron chi connectivity index (χ0n) is 14.4. The molecule has 0 aliphatic heterocycles. The molecule has 0 atom stereocenters. The van der Waals surface area contributed by atoms with Crippen LogP contribution in [-0.4, -0.2) is 17.4 Å². The number of rotatable bonds is 6. The molecular weight excluding hydrogens is 343 g/mol. The van der Waals surface area contributed by atoms with Gasteiger partial charge in [0.1, 0.15) is 17.6 Å². The monoisotopic (exact) mass is 360 g/mol. The van der Waals surface area contributed by atoms with Crippen LogP contribution in [0.5, 0.6) is 0 Å². The molecule has 1 amide bonds. The Bertz CT molecular complexity index is 980. The fraction of sp³-hybridized carbons (Fsp3) is 0.0952. The van der Waals surface area contributed by atoms with Crippen molar-refractivity contribution in [1.82, 2.24) is 10.3 Å². The Morgan fingerprint density at radius 1 is 1.07 bits per heavy atom. The Kier molecular flexibility index (Phi) is 5.75. The van der Waals surface area contributed by atoms with Crippen molar-refractivity contribution in [3.8, 4) is 6.07 Å². The van der Waals surface area contributed by atoms with Crippen LogP contribution in [0, 0.1) is 17.1 Å². The summed E-state index contributed by atoms with van der Waals surface area (Å²) in [5.74, 6) is -0.603. The Morgan fingerprint density at radius 3 is 2.59 bits per heavy atom. The Morgan fingerprint density at radius 2 is 1.85 bits per heavy atom. The zero-order chi connectivity index (χ0) is 19.1. The van der Waals surface area contributed by atoms with Gasteiger partial charge in [-0.05, 0) is 42.3 Å². The summed E-state index contributed by atoms with van der Waals surface area (Å²) in [6.07, 6.45) is 1.93. The summed E-state index contributed by atoms with van der Waals surface area (Å²) in [7, 11) is 0. The number of anilines is 2. The normalized spacial score (nSPS) is 10.1. The second-order valence-corrected chi connectivity index (χ2v) is 5.81. The molecule has 2 N–H and O–H groups in total. The van der Waals surface area contributed by atoms with Crippen LogP contribution in [0.15, 0.2) is 66.9 Å². The van der Waals surface area contributed by atoms with E-state index in [2.05, 4.69) is 21.7 Å². The summed E-state index contributed by atoms with van der Waals surface area (Å²) in [5.41, 5.74) is 2.68. The molecular formula is C21H17FN4O. The number of pyridine rings is 1. The molecule has 0 unspecified atom stereocenters. The van der Waals surface area contributed by atoms with E-state index in [1.54, 1.807) is 48.5 Å². The third kappa shape index (κ3) is 4.67. The van der Waals surface area contributed by atoms with Gasteiger partial charge in [-0.15, -0.1) is 0 Å². The maximum Gasteiger partial charge on any atom is 0.269 e. The van der Waals surface area contributed by atoms with Crippen LogP contribution >= 0.6 is 0 Å². The molecule has 27 heavy (non-hydrogen) atoms. The van der Waals surface area contributed by atoms with Crippen molar-refractivity contribution in [3.05, 3.63) is 89.5 Å². The van der Waals surface area contributed by atoms with Gasteiger partial charge in [0.15, 0.2) is 0 Å². The number of hydrogen-bond acceptors (Lipinski definition) is 4. The van der Waals surface area contributed by atoms with Crippen molar-refractivity contribution < 1.29 is 9.18 Å². The van der Waals surface area contributed by atoms with Gasteiger partial charge >= 0.3 is 0 Å². The van der Waals surface area contributed by atoms with Crippen LogP contribution in [0.3, 0.4) is 0 Å². The Labute approximate surface area is 156 Å². The summed E-state index contributed by atoms with van der Waals surface area (Å²) in [4.78, 5) is 16.3. The molecule has 1 heterocycles. The van der Waals surface area contributed by atoms with E-state index in [1.165, 1.54) is 12.3 Å². The number of benzene rings is 2. The first kappa shape index (κ1) is 18.1. The van der Waals surface area contributed by atoms with Crippen molar-refractivity contribution in [3.63, 3.8) is 0 Å². The van der Waals surface area contributed by atoms with E-state index < -0.39 is 0 Å². The molecule has 0 saturated carbocycles. The van der Waals surface area contributed by atoms with Gasteiger partial charge in [-0.25, -0.2) is 9.37 Å². The SMILES string of the molecule is N#Cc1ccccc1Nc1ccc(C(=O)NCCc2ccccc2F)nc1. The first-order valence-corrected chi connectivity index (χ1v) is 8.41. The number of carbonyl (C=O) groups excluding carboxylic acids is 1. The lowest BCUT2D eigenvalue weighted by molar-refractivity contribution is 0.0949. The predicted octanol–water partition coefficient (Wildman–Crippen LogP) is 3.81. The lowest BCUT2D eigenvalue weighted by Crippen LogP contribution is -2.26. The molecule has 3 rings (SSSR count). The summed E-state index contributed by atoms with van der Waals surface area (Å²) < 4.78 is 13.6. The molecule has 0 radical (unpaired) electrons. The molecule has 0 spiro atoms. The molecule has 0 aliphatic carbocycles. The highest BCUT2D eigenvalue weighted by Crippen LogP contribution is 2.19. The van der Waals surface area contributed by atoms with Crippen LogP contribution in [0.25, 0.3) is 0 Å². The van der Waals surface area contributed by atoms with Gasteiger partial charge in [-0.2, -0.15) is 5.26 Å². The molecule has 1 aromatic heterocycles. The zero-order valence-corrected chi connectivity index (χ0v) is 14.4. The molecule has 2 aromatic carbocycles. The molecule has 0 aliphatic rings. The molecule has 6 heteroatoms. The number of hydrogen-bond donors (Lipinski definition) is 2. The number of para-hydroxylation sites is 1. The maximum absolute atomic E-state index is 13.6. The van der Waals surface area contributed by atoms with Crippen molar-refractivity contribution in [2.45, 2.75) is 6.42 Å². The van der Waals surface area contributed by atoms with E-state index in [1.807, 2.05) is 6.07 Å². The highest BCUT2D eigenvalue weighted by atomic mass is 19.1. The van der Waals surface area contributed by atoms with Crippen molar-refractivity contribution in [2.75, 3.05) is 11.9 Å². The second kappa shape index (κ2) is 8.59. The molecule has 3 aromatic rings. The first-order valence-electron chi connectivity index (χ1n) is 8.41. The third-order valence-corrected chi connectivity index (χ3v) is 3.96. The van der Waals surface area contributed by atoms with Crippen LogP contribution in [-0.2, 0) is 6.42 Å². The number of nitrogens with zero attached hydrogens (tertiary/aromatic N) is 2. The van der Waals surface area contributed by atoms with Crippen molar-refractivity contribution >= 4 is 17.3 Å². The second-order valence-electron chi connectivity index (χ2n) is 5.81. The minimum atomic E-state index is -0.324. The van der Waals surface area contributed by atoms with Gasteiger partial charge in [0.05, 0.1) is 23.1 Å². The number of nitrogens with one attached hydrogen (secondary N) is 2. The van der Waals surface area contributed by atoms with Gasteiger partial charge < -0.3 is 10.6 Å². The summed E-state index contributed by atoms with van der Waals surface area (Å²) in [6, 6.07) is 19.0. The topological polar surface area (TPSA) is 77.8 Å². The van der Waals surface area contributed by atoms with E-state index in [0.717, 1.165) is 0 Å². The van der Waals surface area contributed by atoms with Gasteiger partial charge in [-0.1, -0.05) is 30.3 Å². The molecule has 134 valence electrons. The fourth-order valence-electron chi connectivity index (χ4n) is 2.55. The maximum atomic E-state index is 13.6. The van der Waals surface area contributed by atoms with Crippen molar-refractivity contribution in [1.29, 1.82) is 5.26 Å². The first-order chi connectivity index (χ1) is 13.2. The van der Waals surface area contributed by atoms with Gasteiger partial charge in [0.2, 0.25) is 0 Å². The molecule has 0 bridgehead atoms. The minimum absolute atomic E-state index is 0.266. The lowest BCUT2D eigenvalue weighted by atomic mass is 10.1. The van der Waals surface area contributed by atoms with Crippen LogP contribution in [0.4, 0.5) is 15.8 Å². The third-order valence-electron chi connectivity index (χ3n) is 3.96. The van der Waals surface area contributed by atoms with Gasteiger partial charge in [0.25, 0.3) is 5.91 Å². The standard InChI is InChI=1S/C21H17FN4O/c22-18-7-3-1-5-15(18)11-12-24-21(27)20-10-9-17(14-25-20)26-19-8-4-2-6-16(19)13-23/h1-10,14,26H,11-12H2,(H,24,27). The van der Waals surface area contributed by atoms with Gasteiger partial charge in [0, 0.05) is 6.54 Å². The van der Waals surface area contributed by atoms with E-state index in [4.69, 9.17) is 5.26 Å². The average Bonchev–Trinajstić information content (AvgIpc) is 2.70. The highest BCUT2D eigenvalue weighted by Gasteiger charge is 2.08. The predicted molar refractivity (Wildman–Crippen MR) is 101 cm³/mol. The summed E-state index contributed by atoms with van der Waals surface area (Å²) >= 11 is 0. The van der Waals surface area contributed by atoms with E-state index in [9.17, 15) is 9.18 Å². The Balaban J connectivity index is 1.57. The minimum Gasteiger partial charge on any atom is -0.353 e. The molecule has 5 nitrogen and oxygen atoms in total. The summed E-state index contributed by atoms with van der Waals surface area (Å²) in [5, 5.41) is 14.9. The molecule has 0 saturated heterocycles. The van der Waals surface area contributed by atoms with Crippen LogP contribution in [0.1, 0.15) is 21.6 Å². The average molecular weight is 360 g/mol. The number of nitriles is 1. The van der Waals surface area contributed by atoms with Crippen molar-refractivity contribution in [2.24, 2.45) is 0 Å². The van der Waals surface area contributed by atoms with E-state index >= 15 is 0 Å². The molecule has 0 fully saturated rings. The number of halogens is 1. The highest BCUT2D eigenvalue weighted by molar-refractivity contribution is 5.92. The number of amides is 1. The number of carbonyl (C=O) groups is 1. The van der Waals surface area contributed by atoms with E-state index in [-0.39, 0.29) is 17.4 Å². The van der Waals surface area contributed by atoms with E-state index in [0.29, 0.717) is 35.5 Å². The Hall–Kier alpha value is -3.72. The fourth-order valence-corrected chi connectivity index (χ4v) is 2.55. The summed E-state index contributed by atoms with van der Waals surface area (Å²) in [6.45, 7) is 0.316. The van der Waals surface area contributed by atoms with Crippen LogP contribution < -0.4 is 10.6 Å².